The standard InChI is InChI=1S/C52H39N3/c1-52(2)44-22-12-10-20-38(44)43-31-45(36-24-25-47-40(28-36)39-21-11-13-23-46(39)54(47)37-18-4-3-5-19-37)53-51(50(43)52)55-48-29-34-16-8-6-14-32(34)26-41(48)42-27-33-15-7-9-17-35(33)30-49(42)55/h3-27,29-31,36,51,53H,28H2,1-2H3. The summed E-state index contributed by atoms with van der Waals surface area (Å²) in [5, 5.41) is 13.3. The number of hydrogen-bond donors (Lipinski definition) is 1. The van der Waals surface area contributed by atoms with Gasteiger partial charge in [-0.25, -0.2) is 0 Å². The van der Waals surface area contributed by atoms with Gasteiger partial charge in [0, 0.05) is 44.6 Å². The molecular formula is C52H39N3. The Bertz CT molecular complexity index is 3090. The van der Waals surface area contributed by atoms with Gasteiger partial charge in [-0.15, -0.1) is 0 Å². The van der Waals surface area contributed by atoms with E-state index in [1.807, 2.05) is 0 Å². The molecule has 3 aliphatic rings. The van der Waals surface area contributed by atoms with E-state index >= 15 is 0 Å². The summed E-state index contributed by atoms with van der Waals surface area (Å²) in [5.74, 6) is 0.185. The highest BCUT2D eigenvalue weighted by Gasteiger charge is 2.45. The van der Waals surface area contributed by atoms with Gasteiger partial charge in [0.15, 0.2) is 0 Å². The van der Waals surface area contributed by atoms with Gasteiger partial charge in [-0.2, -0.15) is 0 Å². The van der Waals surface area contributed by atoms with Crippen molar-refractivity contribution in [1.82, 2.24) is 14.5 Å². The predicted octanol–water partition coefficient (Wildman–Crippen LogP) is 12.7. The lowest BCUT2D eigenvalue weighted by Crippen LogP contribution is -2.38. The summed E-state index contributed by atoms with van der Waals surface area (Å²) in [6, 6.07) is 56.1. The third-order valence-corrected chi connectivity index (χ3v) is 12.9. The SMILES string of the molecule is CC1(C)C2=C(C=C(C3C=Cc4c(c5ccccc5n4-c4ccccc4)C3)NC2n2c3cc4ccccc4cc3c3cc4ccccc4cc32)c2ccccc21. The van der Waals surface area contributed by atoms with E-state index < -0.39 is 0 Å². The molecule has 0 radical (unpaired) electrons. The van der Waals surface area contributed by atoms with Gasteiger partial charge < -0.3 is 14.5 Å². The molecule has 2 atom stereocenters. The molecule has 1 N–H and O–H groups in total. The number of fused-ring (bicyclic) bond motifs is 10. The van der Waals surface area contributed by atoms with E-state index in [0.29, 0.717) is 0 Å². The highest BCUT2D eigenvalue weighted by atomic mass is 15.2. The van der Waals surface area contributed by atoms with Gasteiger partial charge in [-0.1, -0.05) is 129 Å². The molecule has 55 heavy (non-hydrogen) atoms. The van der Waals surface area contributed by atoms with Gasteiger partial charge in [0.05, 0.1) is 16.6 Å². The van der Waals surface area contributed by atoms with E-state index in [9.17, 15) is 0 Å². The number of hydrogen-bond acceptors (Lipinski definition) is 1. The molecule has 12 rings (SSSR count). The van der Waals surface area contributed by atoms with Crippen LogP contribution in [-0.4, -0.2) is 9.13 Å². The van der Waals surface area contributed by atoms with E-state index in [1.165, 1.54) is 99.2 Å². The highest BCUT2D eigenvalue weighted by molar-refractivity contribution is 6.16. The summed E-state index contributed by atoms with van der Waals surface area (Å²) in [6.45, 7) is 4.84. The molecule has 0 fully saturated rings. The van der Waals surface area contributed by atoms with Crippen LogP contribution in [0.5, 0.6) is 0 Å². The Morgan fingerprint density at radius 2 is 1.20 bits per heavy atom. The molecule has 0 saturated heterocycles. The second-order valence-corrected chi connectivity index (χ2v) is 16.2. The van der Waals surface area contributed by atoms with E-state index in [-0.39, 0.29) is 17.5 Å². The maximum Gasteiger partial charge on any atom is 0.127 e. The smallest absolute Gasteiger partial charge is 0.127 e. The zero-order valence-corrected chi connectivity index (χ0v) is 30.9. The number of nitrogens with zero attached hydrogens (tertiary/aromatic N) is 2. The molecular weight excluding hydrogens is 667 g/mol. The van der Waals surface area contributed by atoms with Gasteiger partial charge in [-0.05, 0) is 110 Å². The molecule has 1 aliphatic heterocycles. The van der Waals surface area contributed by atoms with Crippen LogP contribution >= 0.6 is 0 Å². The monoisotopic (exact) mass is 705 g/mol. The molecule has 0 amide bonds. The van der Waals surface area contributed by atoms with Gasteiger partial charge in [-0.3, -0.25) is 0 Å². The molecule has 2 aliphatic carbocycles. The molecule has 9 aromatic rings. The lowest BCUT2D eigenvalue weighted by molar-refractivity contribution is 0.437. The summed E-state index contributed by atoms with van der Waals surface area (Å²) >= 11 is 0. The van der Waals surface area contributed by atoms with Crippen LogP contribution in [-0.2, 0) is 11.8 Å². The molecule has 3 nitrogen and oxygen atoms in total. The summed E-state index contributed by atoms with van der Waals surface area (Å²) < 4.78 is 5.07. The van der Waals surface area contributed by atoms with Crippen LogP contribution in [0.2, 0.25) is 0 Å². The molecule has 2 unspecified atom stereocenters. The average molecular weight is 706 g/mol. The van der Waals surface area contributed by atoms with E-state index in [4.69, 9.17) is 0 Å². The van der Waals surface area contributed by atoms with Crippen LogP contribution in [0, 0.1) is 5.92 Å². The minimum Gasteiger partial charge on any atom is -0.364 e. The van der Waals surface area contributed by atoms with Crippen LogP contribution in [0.4, 0.5) is 0 Å². The molecule has 0 saturated carbocycles. The van der Waals surface area contributed by atoms with Crippen LogP contribution in [0.15, 0.2) is 175 Å². The van der Waals surface area contributed by atoms with E-state index in [1.54, 1.807) is 0 Å². The van der Waals surface area contributed by atoms with Crippen molar-refractivity contribution < 1.29 is 0 Å². The molecule has 0 spiro atoms. The summed E-state index contributed by atoms with van der Waals surface area (Å²) in [7, 11) is 0. The van der Waals surface area contributed by atoms with Gasteiger partial charge in [0.25, 0.3) is 0 Å². The number of rotatable bonds is 3. The van der Waals surface area contributed by atoms with Gasteiger partial charge in [0.2, 0.25) is 0 Å². The lowest BCUT2D eigenvalue weighted by atomic mass is 9.78. The third kappa shape index (κ3) is 4.32. The molecule has 262 valence electrons. The van der Waals surface area contributed by atoms with Crippen molar-refractivity contribution in [1.29, 1.82) is 0 Å². The Hall–Kier alpha value is -6.58. The minimum absolute atomic E-state index is 0.0971. The number of allylic oxidation sites excluding steroid dienone is 3. The Labute approximate surface area is 320 Å². The Kier molecular flexibility index (Phi) is 6.29. The predicted molar refractivity (Wildman–Crippen MR) is 231 cm³/mol. The number of benzene rings is 7. The van der Waals surface area contributed by atoms with Crippen molar-refractivity contribution in [3.05, 3.63) is 197 Å². The van der Waals surface area contributed by atoms with Crippen molar-refractivity contribution in [3.8, 4) is 5.69 Å². The van der Waals surface area contributed by atoms with Crippen LogP contribution in [0.1, 0.15) is 42.4 Å². The fraction of sp³-hybridized carbons (Fsp3) is 0.115. The number of para-hydroxylation sites is 2. The van der Waals surface area contributed by atoms with E-state index in [2.05, 4.69) is 198 Å². The van der Waals surface area contributed by atoms with Crippen molar-refractivity contribution in [3.63, 3.8) is 0 Å². The van der Waals surface area contributed by atoms with Gasteiger partial charge >= 0.3 is 0 Å². The van der Waals surface area contributed by atoms with Crippen molar-refractivity contribution in [2.75, 3.05) is 0 Å². The second-order valence-electron chi connectivity index (χ2n) is 16.2. The van der Waals surface area contributed by atoms with Crippen molar-refractivity contribution in [2.45, 2.75) is 31.8 Å². The normalized spacial score (nSPS) is 18.5. The molecule has 3 heterocycles. The molecule has 2 aromatic heterocycles. The van der Waals surface area contributed by atoms with Crippen molar-refractivity contribution >= 4 is 65.9 Å². The third-order valence-electron chi connectivity index (χ3n) is 12.9. The largest absolute Gasteiger partial charge is 0.364 e. The highest BCUT2D eigenvalue weighted by Crippen LogP contribution is 2.54. The topological polar surface area (TPSA) is 21.9 Å². The maximum absolute atomic E-state index is 4.29. The maximum atomic E-state index is 4.29. The van der Waals surface area contributed by atoms with Crippen LogP contribution in [0.3, 0.4) is 0 Å². The van der Waals surface area contributed by atoms with E-state index in [0.717, 1.165) is 6.42 Å². The Morgan fingerprint density at radius 3 is 1.91 bits per heavy atom. The second kappa shape index (κ2) is 11.2. The first-order valence-corrected chi connectivity index (χ1v) is 19.6. The fourth-order valence-electron chi connectivity index (χ4n) is 10.3. The first-order valence-electron chi connectivity index (χ1n) is 19.6. The fourth-order valence-corrected chi connectivity index (χ4v) is 10.3. The zero-order chi connectivity index (χ0) is 36.4. The summed E-state index contributed by atoms with van der Waals surface area (Å²) in [5.41, 5.74) is 14.3. The Balaban J connectivity index is 1.09. The number of aromatic nitrogens is 2. The Morgan fingerprint density at radius 1 is 0.600 bits per heavy atom. The summed E-state index contributed by atoms with van der Waals surface area (Å²) in [6.07, 6.45) is 8.15. The first kappa shape index (κ1) is 30.8. The molecule has 3 heteroatoms. The van der Waals surface area contributed by atoms with Crippen molar-refractivity contribution in [2.24, 2.45) is 5.92 Å². The lowest BCUT2D eigenvalue weighted by Gasteiger charge is -2.38. The summed E-state index contributed by atoms with van der Waals surface area (Å²) in [4.78, 5) is 0. The zero-order valence-electron chi connectivity index (χ0n) is 30.9. The minimum atomic E-state index is -0.180. The quantitative estimate of drug-likeness (QED) is 0.194. The van der Waals surface area contributed by atoms with Crippen LogP contribution in [0.25, 0.3) is 71.6 Å². The molecule has 0 bridgehead atoms. The van der Waals surface area contributed by atoms with Crippen LogP contribution < -0.4 is 5.32 Å². The average Bonchev–Trinajstić information content (AvgIpc) is 3.81. The molecule has 7 aromatic carbocycles. The number of nitrogens with one attached hydrogen (secondary N) is 1. The first-order chi connectivity index (χ1) is 27.0. The number of dihydropyridines is 1. The van der Waals surface area contributed by atoms with Gasteiger partial charge in [0.1, 0.15) is 6.17 Å².